The van der Waals surface area contributed by atoms with Crippen LogP contribution >= 0.6 is 11.8 Å². The summed E-state index contributed by atoms with van der Waals surface area (Å²) in [6, 6.07) is 10.2. The minimum Gasteiger partial charge on any atom is -0.478 e. The fourth-order valence-corrected chi connectivity index (χ4v) is 4.44. The third kappa shape index (κ3) is 5.66. The first-order valence-electron chi connectivity index (χ1n) is 8.22. The number of halogens is 2. The molecule has 6 nitrogen and oxygen atoms in total. The molecule has 28 heavy (non-hydrogen) atoms. The van der Waals surface area contributed by atoms with Crippen LogP contribution in [0.5, 0.6) is 5.75 Å². The van der Waals surface area contributed by atoms with Gasteiger partial charge in [0.25, 0.3) is 5.91 Å². The van der Waals surface area contributed by atoms with Gasteiger partial charge in [-0.2, -0.15) is 0 Å². The maximum atomic E-state index is 14.0. The number of rotatable bonds is 9. The van der Waals surface area contributed by atoms with Crippen LogP contribution in [0.3, 0.4) is 0 Å². The van der Waals surface area contributed by atoms with Crippen molar-refractivity contribution in [2.24, 2.45) is 0 Å². The first-order chi connectivity index (χ1) is 13.3. The molecule has 0 aliphatic rings. The topological polar surface area (TPSA) is 75.7 Å². The van der Waals surface area contributed by atoms with E-state index in [1.165, 1.54) is 30.5 Å². The van der Waals surface area contributed by atoms with E-state index in [1.807, 2.05) is 0 Å². The summed E-state index contributed by atoms with van der Waals surface area (Å²) in [7, 11) is -0.794. The number of carbonyl (C=O) groups is 1. The second-order valence-corrected chi connectivity index (χ2v) is 8.88. The highest BCUT2D eigenvalue weighted by atomic mass is 32.2. The SMILES string of the molecule is CNC(=O)COc1c(F)cc(SCCN(C)S(=O)(=O)c2ccccc2)cc1F. The molecule has 0 saturated heterocycles. The molecule has 2 aromatic rings. The number of likely N-dealkylation sites (N-methyl/N-ethyl adjacent to an activating group) is 1. The Bertz CT molecular complexity index is 901. The van der Waals surface area contributed by atoms with Gasteiger partial charge in [-0.1, -0.05) is 18.2 Å². The molecule has 0 radical (unpaired) electrons. The van der Waals surface area contributed by atoms with Crippen molar-refractivity contribution in [1.29, 1.82) is 0 Å². The van der Waals surface area contributed by atoms with E-state index in [-0.39, 0.29) is 16.3 Å². The average molecular weight is 430 g/mol. The molecule has 2 aromatic carbocycles. The van der Waals surface area contributed by atoms with Crippen molar-refractivity contribution in [2.45, 2.75) is 9.79 Å². The Kier molecular flexibility index (Phi) is 7.78. The fourth-order valence-electron chi connectivity index (χ4n) is 2.15. The molecule has 0 spiro atoms. The van der Waals surface area contributed by atoms with Crippen molar-refractivity contribution in [3.05, 3.63) is 54.1 Å². The Morgan fingerprint density at radius 2 is 1.79 bits per heavy atom. The number of nitrogens with zero attached hydrogens (tertiary/aromatic N) is 1. The first kappa shape index (κ1) is 22.1. The number of amides is 1. The maximum Gasteiger partial charge on any atom is 0.257 e. The summed E-state index contributed by atoms with van der Waals surface area (Å²) in [6.45, 7) is -0.348. The number of nitrogens with one attached hydrogen (secondary N) is 1. The largest absolute Gasteiger partial charge is 0.478 e. The number of ether oxygens (including phenoxy) is 1. The van der Waals surface area contributed by atoms with Crippen LogP contribution in [0, 0.1) is 11.6 Å². The molecule has 0 aliphatic carbocycles. The highest BCUT2D eigenvalue weighted by Crippen LogP contribution is 2.28. The molecule has 0 saturated carbocycles. The number of hydrogen-bond acceptors (Lipinski definition) is 5. The Morgan fingerprint density at radius 1 is 1.18 bits per heavy atom. The van der Waals surface area contributed by atoms with Crippen LogP contribution in [-0.2, 0) is 14.8 Å². The van der Waals surface area contributed by atoms with Crippen molar-refractivity contribution in [3.8, 4) is 5.75 Å². The van der Waals surface area contributed by atoms with Gasteiger partial charge < -0.3 is 10.1 Å². The van der Waals surface area contributed by atoms with Crippen molar-refractivity contribution in [3.63, 3.8) is 0 Å². The van der Waals surface area contributed by atoms with Gasteiger partial charge in [-0.15, -0.1) is 11.8 Å². The molecule has 0 fully saturated rings. The lowest BCUT2D eigenvalue weighted by atomic mass is 10.3. The molecule has 2 rings (SSSR count). The van der Waals surface area contributed by atoms with Gasteiger partial charge in [-0.25, -0.2) is 21.5 Å². The molecule has 1 N–H and O–H groups in total. The van der Waals surface area contributed by atoms with Crippen LogP contribution in [-0.4, -0.2) is 51.6 Å². The Hall–Kier alpha value is -2.17. The lowest BCUT2D eigenvalue weighted by molar-refractivity contribution is -0.122. The Morgan fingerprint density at radius 3 is 2.36 bits per heavy atom. The van der Waals surface area contributed by atoms with Crippen LogP contribution in [0.4, 0.5) is 8.78 Å². The zero-order valence-electron chi connectivity index (χ0n) is 15.3. The first-order valence-corrected chi connectivity index (χ1v) is 10.6. The molecule has 0 heterocycles. The summed E-state index contributed by atoms with van der Waals surface area (Å²) >= 11 is 1.11. The predicted molar refractivity (Wildman–Crippen MR) is 103 cm³/mol. The molecule has 0 bridgehead atoms. The molecule has 0 atom stereocenters. The van der Waals surface area contributed by atoms with Gasteiger partial charge in [-0.3, -0.25) is 4.79 Å². The minimum atomic E-state index is -3.62. The van der Waals surface area contributed by atoms with Gasteiger partial charge in [0.05, 0.1) is 4.90 Å². The van der Waals surface area contributed by atoms with Crippen LogP contribution in [0.1, 0.15) is 0 Å². The van der Waals surface area contributed by atoms with E-state index in [0.717, 1.165) is 23.9 Å². The van der Waals surface area contributed by atoms with E-state index in [9.17, 15) is 22.0 Å². The standard InChI is InChI=1S/C18H20F2N2O4S2/c1-21-17(23)12-26-18-15(19)10-13(11-16(18)20)27-9-8-22(2)28(24,25)14-6-4-3-5-7-14/h3-7,10-11H,8-9,12H2,1-2H3,(H,21,23). The smallest absolute Gasteiger partial charge is 0.257 e. The Labute approximate surface area is 166 Å². The average Bonchev–Trinajstić information content (AvgIpc) is 2.67. The van der Waals surface area contributed by atoms with Crippen molar-refractivity contribution < 1.29 is 26.7 Å². The third-order valence-electron chi connectivity index (χ3n) is 3.72. The van der Waals surface area contributed by atoms with Gasteiger partial charge in [0, 0.05) is 31.3 Å². The van der Waals surface area contributed by atoms with E-state index in [4.69, 9.17) is 4.74 Å². The minimum absolute atomic E-state index is 0.153. The molecule has 1 amide bonds. The highest BCUT2D eigenvalue weighted by Gasteiger charge is 2.20. The van der Waals surface area contributed by atoms with E-state index < -0.39 is 39.9 Å². The van der Waals surface area contributed by atoms with E-state index in [1.54, 1.807) is 18.2 Å². The molecular weight excluding hydrogens is 410 g/mol. The second-order valence-electron chi connectivity index (χ2n) is 5.67. The van der Waals surface area contributed by atoms with E-state index >= 15 is 0 Å². The van der Waals surface area contributed by atoms with Crippen LogP contribution in [0.2, 0.25) is 0 Å². The van der Waals surface area contributed by atoms with Gasteiger partial charge >= 0.3 is 0 Å². The second kappa shape index (κ2) is 9.85. The summed E-state index contributed by atoms with van der Waals surface area (Å²) in [4.78, 5) is 11.6. The fraction of sp³-hybridized carbons (Fsp3) is 0.278. The van der Waals surface area contributed by atoms with Crippen LogP contribution in [0.25, 0.3) is 0 Å². The molecule has 10 heteroatoms. The number of hydrogen-bond donors (Lipinski definition) is 1. The zero-order chi connectivity index (χ0) is 20.7. The summed E-state index contributed by atoms with van der Waals surface area (Å²) < 4.78 is 59.0. The third-order valence-corrected chi connectivity index (χ3v) is 6.55. The summed E-state index contributed by atoms with van der Waals surface area (Å²) in [5, 5.41) is 2.28. The maximum absolute atomic E-state index is 14.0. The van der Waals surface area contributed by atoms with Gasteiger partial charge in [0.1, 0.15) is 0 Å². The number of thioether (sulfide) groups is 1. The van der Waals surface area contributed by atoms with Gasteiger partial charge in [0.2, 0.25) is 10.0 Å². The lowest BCUT2D eigenvalue weighted by Gasteiger charge is -2.17. The van der Waals surface area contributed by atoms with Crippen molar-refractivity contribution in [2.75, 3.05) is 33.0 Å². The summed E-state index contributed by atoms with van der Waals surface area (Å²) in [5.41, 5.74) is 0. The zero-order valence-corrected chi connectivity index (χ0v) is 16.9. The molecular formula is C18H20F2N2O4S2. The monoisotopic (exact) mass is 430 g/mol. The van der Waals surface area contributed by atoms with Crippen LogP contribution in [0.15, 0.2) is 52.3 Å². The quantitative estimate of drug-likeness (QED) is 0.619. The Balaban J connectivity index is 1.96. The van der Waals surface area contributed by atoms with Gasteiger partial charge in [0.15, 0.2) is 24.0 Å². The molecule has 0 aliphatic heterocycles. The van der Waals surface area contributed by atoms with E-state index in [2.05, 4.69) is 5.32 Å². The molecule has 152 valence electrons. The van der Waals surface area contributed by atoms with Crippen LogP contribution < -0.4 is 10.1 Å². The van der Waals surface area contributed by atoms with Crippen molar-refractivity contribution in [1.82, 2.24) is 9.62 Å². The van der Waals surface area contributed by atoms with Crippen molar-refractivity contribution >= 4 is 27.7 Å². The highest BCUT2D eigenvalue weighted by molar-refractivity contribution is 7.99. The summed E-state index contributed by atoms with van der Waals surface area (Å²) in [6.07, 6.45) is 0. The number of carbonyl (C=O) groups excluding carboxylic acids is 1. The van der Waals surface area contributed by atoms with Gasteiger partial charge in [-0.05, 0) is 24.3 Å². The molecule has 0 unspecified atom stereocenters. The lowest BCUT2D eigenvalue weighted by Crippen LogP contribution is -2.29. The number of sulfonamides is 1. The number of benzene rings is 2. The predicted octanol–water partition coefficient (Wildman–Crippen LogP) is 2.50. The summed E-state index contributed by atoms with van der Waals surface area (Å²) in [5.74, 6) is -2.72. The van der Waals surface area contributed by atoms with E-state index in [0.29, 0.717) is 5.75 Å². The molecule has 0 aromatic heterocycles. The normalized spacial score (nSPS) is 11.5.